The van der Waals surface area contributed by atoms with E-state index in [1.165, 1.54) is 24.2 Å². The summed E-state index contributed by atoms with van der Waals surface area (Å²) in [5.74, 6) is 1.15. The molecule has 0 amide bonds. The zero-order valence-electron chi connectivity index (χ0n) is 7.90. The number of hydrogen-bond acceptors (Lipinski definition) is 2. The van der Waals surface area contributed by atoms with Gasteiger partial charge in [-0.3, -0.25) is 0 Å². The summed E-state index contributed by atoms with van der Waals surface area (Å²) in [5.41, 5.74) is 0. The normalized spacial score (nSPS) is 10.2. The van der Waals surface area contributed by atoms with Crippen LogP contribution >= 0.6 is 11.8 Å². The molecule has 1 aromatic heterocycles. The van der Waals surface area contributed by atoms with Crippen LogP contribution in [-0.2, 0) is 0 Å². The maximum Gasteiger partial charge on any atom is 0.181 e. The molecule has 0 bridgehead atoms. The Morgan fingerprint density at radius 3 is 2.62 bits per heavy atom. The molecule has 2 nitrogen and oxygen atoms in total. The summed E-state index contributed by atoms with van der Waals surface area (Å²) in [5, 5.41) is 10.7. The second-order valence-corrected chi connectivity index (χ2v) is 4.12. The minimum Gasteiger partial charge on any atom is -0.619 e. The summed E-state index contributed by atoms with van der Waals surface area (Å²) < 4.78 is 0.816. The molecule has 1 aromatic rings. The van der Waals surface area contributed by atoms with Crippen molar-refractivity contribution in [3.8, 4) is 0 Å². The van der Waals surface area contributed by atoms with E-state index >= 15 is 0 Å². The SMILES string of the molecule is CCCCCSc1cc[n+]([O-])cc1. The summed E-state index contributed by atoms with van der Waals surface area (Å²) in [6, 6.07) is 3.73. The maximum absolute atomic E-state index is 10.7. The Morgan fingerprint density at radius 1 is 1.31 bits per heavy atom. The van der Waals surface area contributed by atoms with Crippen LogP contribution in [0.2, 0.25) is 0 Å². The van der Waals surface area contributed by atoms with Gasteiger partial charge in [-0.25, -0.2) is 0 Å². The van der Waals surface area contributed by atoms with E-state index in [9.17, 15) is 5.21 Å². The fraction of sp³-hybridized carbons (Fsp3) is 0.500. The molecule has 0 aliphatic carbocycles. The molecule has 0 fully saturated rings. The lowest BCUT2D eigenvalue weighted by molar-refractivity contribution is -0.605. The molecule has 0 saturated carbocycles. The van der Waals surface area contributed by atoms with Crippen molar-refractivity contribution < 1.29 is 4.73 Å². The fourth-order valence-corrected chi connectivity index (χ4v) is 1.94. The van der Waals surface area contributed by atoms with Crippen molar-refractivity contribution >= 4 is 11.8 Å². The van der Waals surface area contributed by atoms with Gasteiger partial charge in [0.15, 0.2) is 12.4 Å². The molecule has 0 N–H and O–H groups in total. The molecule has 3 heteroatoms. The van der Waals surface area contributed by atoms with Gasteiger partial charge in [0.1, 0.15) is 0 Å². The minimum absolute atomic E-state index is 0.816. The number of unbranched alkanes of at least 4 members (excludes halogenated alkanes) is 2. The average Bonchev–Trinajstić information content (AvgIpc) is 2.15. The van der Waals surface area contributed by atoms with Crippen LogP contribution in [0.5, 0.6) is 0 Å². The van der Waals surface area contributed by atoms with Gasteiger partial charge in [0.25, 0.3) is 0 Å². The predicted molar refractivity (Wildman–Crippen MR) is 55.7 cm³/mol. The first-order chi connectivity index (χ1) is 6.33. The first-order valence-corrected chi connectivity index (χ1v) is 5.63. The van der Waals surface area contributed by atoms with Gasteiger partial charge in [-0.1, -0.05) is 19.8 Å². The number of hydrogen-bond donors (Lipinski definition) is 0. The highest BCUT2D eigenvalue weighted by molar-refractivity contribution is 7.99. The third-order valence-electron chi connectivity index (χ3n) is 1.79. The van der Waals surface area contributed by atoms with Crippen molar-refractivity contribution in [1.29, 1.82) is 0 Å². The number of pyridine rings is 1. The molecule has 0 atom stereocenters. The quantitative estimate of drug-likeness (QED) is 0.314. The predicted octanol–water partition coefficient (Wildman–Crippen LogP) is 2.60. The van der Waals surface area contributed by atoms with E-state index in [4.69, 9.17) is 0 Å². The van der Waals surface area contributed by atoms with Crippen LogP contribution in [-0.4, -0.2) is 5.75 Å². The van der Waals surface area contributed by atoms with E-state index in [2.05, 4.69) is 6.92 Å². The van der Waals surface area contributed by atoms with Gasteiger partial charge in [-0.15, -0.1) is 11.8 Å². The summed E-state index contributed by atoms with van der Waals surface area (Å²) in [7, 11) is 0. The summed E-state index contributed by atoms with van der Waals surface area (Å²) >= 11 is 1.82. The zero-order valence-corrected chi connectivity index (χ0v) is 8.72. The molecule has 0 aliphatic heterocycles. The van der Waals surface area contributed by atoms with Gasteiger partial charge in [0.05, 0.1) is 0 Å². The fourth-order valence-electron chi connectivity index (χ4n) is 1.04. The van der Waals surface area contributed by atoms with Gasteiger partial charge >= 0.3 is 0 Å². The van der Waals surface area contributed by atoms with Crippen LogP contribution in [0.15, 0.2) is 29.4 Å². The number of thioether (sulfide) groups is 1. The molecule has 1 rings (SSSR count). The van der Waals surface area contributed by atoms with E-state index in [0.29, 0.717) is 0 Å². The van der Waals surface area contributed by atoms with Crippen molar-refractivity contribution in [3.63, 3.8) is 0 Å². The molecular weight excluding hydrogens is 182 g/mol. The van der Waals surface area contributed by atoms with Crippen molar-refractivity contribution in [2.45, 2.75) is 31.1 Å². The standard InChI is InChI=1S/C10H15NOS/c1-2-3-4-9-13-10-5-7-11(12)8-6-10/h5-8H,2-4,9H2,1H3. The lowest BCUT2D eigenvalue weighted by Gasteiger charge is -2.00. The monoisotopic (exact) mass is 197 g/mol. The Balaban J connectivity index is 2.25. The first-order valence-electron chi connectivity index (χ1n) is 4.64. The summed E-state index contributed by atoms with van der Waals surface area (Å²) in [6.07, 6.45) is 6.90. The van der Waals surface area contributed by atoms with Crippen LogP contribution in [0.1, 0.15) is 26.2 Å². The Morgan fingerprint density at radius 2 is 2.00 bits per heavy atom. The van der Waals surface area contributed by atoms with E-state index in [0.717, 1.165) is 10.5 Å². The minimum atomic E-state index is 0.816. The Labute approximate surface area is 83.6 Å². The molecule has 0 unspecified atom stereocenters. The lowest BCUT2D eigenvalue weighted by atomic mass is 10.3. The van der Waals surface area contributed by atoms with E-state index in [1.54, 1.807) is 12.4 Å². The molecule has 0 saturated heterocycles. The second-order valence-electron chi connectivity index (χ2n) is 2.95. The van der Waals surface area contributed by atoms with E-state index in [1.807, 2.05) is 23.9 Å². The van der Waals surface area contributed by atoms with Gasteiger partial charge in [-0.05, 0) is 12.2 Å². The third kappa shape index (κ3) is 4.18. The molecule has 1 heterocycles. The number of aromatic nitrogens is 1. The summed E-state index contributed by atoms with van der Waals surface area (Å²) in [4.78, 5) is 1.18. The highest BCUT2D eigenvalue weighted by atomic mass is 32.2. The highest BCUT2D eigenvalue weighted by Gasteiger charge is 1.95. The Bertz CT molecular complexity index is 235. The Hall–Kier alpha value is -0.700. The number of rotatable bonds is 5. The van der Waals surface area contributed by atoms with Gasteiger partial charge in [-0.2, -0.15) is 4.73 Å². The van der Waals surface area contributed by atoms with Gasteiger partial charge in [0.2, 0.25) is 0 Å². The number of nitrogens with zero attached hydrogens (tertiary/aromatic N) is 1. The van der Waals surface area contributed by atoms with E-state index < -0.39 is 0 Å². The largest absolute Gasteiger partial charge is 0.619 e. The topological polar surface area (TPSA) is 26.9 Å². The van der Waals surface area contributed by atoms with Gasteiger partial charge < -0.3 is 5.21 Å². The van der Waals surface area contributed by atoms with Crippen LogP contribution in [0, 0.1) is 5.21 Å². The van der Waals surface area contributed by atoms with Crippen LogP contribution in [0.25, 0.3) is 0 Å². The molecule has 0 radical (unpaired) electrons. The van der Waals surface area contributed by atoms with Crippen LogP contribution in [0.3, 0.4) is 0 Å². The third-order valence-corrected chi connectivity index (χ3v) is 2.89. The average molecular weight is 197 g/mol. The van der Waals surface area contributed by atoms with Crippen molar-refractivity contribution in [2.75, 3.05) is 5.75 Å². The second kappa shape index (κ2) is 5.86. The maximum atomic E-state index is 10.7. The van der Waals surface area contributed by atoms with Gasteiger partial charge in [0, 0.05) is 17.0 Å². The van der Waals surface area contributed by atoms with E-state index in [-0.39, 0.29) is 0 Å². The Kier molecular flexibility index (Phi) is 4.68. The van der Waals surface area contributed by atoms with Crippen molar-refractivity contribution in [2.24, 2.45) is 0 Å². The molecule has 13 heavy (non-hydrogen) atoms. The lowest BCUT2D eigenvalue weighted by Crippen LogP contribution is -2.23. The molecule has 72 valence electrons. The summed E-state index contributed by atoms with van der Waals surface area (Å²) in [6.45, 7) is 2.20. The van der Waals surface area contributed by atoms with Crippen molar-refractivity contribution in [3.05, 3.63) is 29.7 Å². The first kappa shape index (κ1) is 10.4. The smallest absolute Gasteiger partial charge is 0.181 e. The van der Waals surface area contributed by atoms with Crippen LogP contribution in [0.4, 0.5) is 0 Å². The molecule has 0 spiro atoms. The highest BCUT2D eigenvalue weighted by Crippen LogP contribution is 2.17. The van der Waals surface area contributed by atoms with Crippen LogP contribution < -0.4 is 4.73 Å². The van der Waals surface area contributed by atoms with Crippen molar-refractivity contribution in [1.82, 2.24) is 0 Å². The molecule has 0 aliphatic rings. The zero-order chi connectivity index (χ0) is 9.52. The molecular formula is C10H15NOS. The molecule has 0 aromatic carbocycles.